The van der Waals surface area contributed by atoms with E-state index in [2.05, 4.69) is 4.90 Å². The molecular formula is C22H23FN2O2. The molecule has 0 aliphatic heterocycles. The van der Waals surface area contributed by atoms with Gasteiger partial charge in [0.25, 0.3) is 0 Å². The fourth-order valence-electron chi connectivity index (χ4n) is 3.26. The van der Waals surface area contributed by atoms with Gasteiger partial charge in [-0.1, -0.05) is 36.4 Å². The largest absolute Gasteiger partial charge is 0.469 e. The molecule has 3 aromatic carbocycles. The molecule has 27 heavy (non-hydrogen) atoms. The summed E-state index contributed by atoms with van der Waals surface area (Å²) in [5, 5.41) is 1.97. The van der Waals surface area contributed by atoms with E-state index in [1.54, 1.807) is 12.1 Å². The van der Waals surface area contributed by atoms with Gasteiger partial charge < -0.3 is 15.4 Å². The van der Waals surface area contributed by atoms with E-state index >= 15 is 0 Å². The minimum Gasteiger partial charge on any atom is -0.469 e. The monoisotopic (exact) mass is 366 g/mol. The summed E-state index contributed by atoms with van der Waals surface area (Å²) in [6, 6.07) is 18.0. The molecule has 0 aliphatic rings. The molecule has 0 fully saturated rings. The van der Waals surface area contributed by atoms with Gasteiger partial charge in [0, 0.05) is 34.7 Å². The Balaban J connectivity index is 2.05. The van der Waals surface area contributed by atoms with E-state index in [-0.39, 0.29) is 24.2 Å². The molecule has 0 heterocycles. The number of halogens is 1. The first-order chi connectivity index (χ1) is 13.0. The standard InChI is InChI=1S/C22H23FN2O2/c1-15(13-22(26)27-2)25(14-16-7-9-17(23)10-8-16)21-12-11-20(24)18-5-3-4-6-19(18)21/h3-12,15H,13-14,24H2,1-2H3. The van der Waals surface area contributed by atoms with E-state index in [4.69, 9.17) is 10.5 Å². The second kappa shape index (κ2) is 8.08. The maximum Gasteiger partial charge on any atom is 0.307 e. The van der Waals surface area contributed by atoms with E-state index in [0.29, 0.717) is 12.2 Å². The van der Waals surface area contributed by atoms with Gasteiger partial charge >= 0.3 is 5.97 Å². The number of carbonyl (C=O) groups excluding carboxylic acids is 1. The highest BCUT2D eigenvalue weighted by atomic mass is 19.1. The summed E-state index contributed by atoms with van der Waals surface area (Å²) in [6.45, 7) is 2.51. The van der Waals surface area contributed by atoms with Crippen LogP contribution in [0.15, 0.2) is 60.7 Å². The van der Waals surface area contributed by atoms with Crippen LogP contribution in [0.3, 0.4) is 0 Å². The van der Waals surface area contributed by atoms with Crippen LogP contribution in [0.2, 0.25) is 0 Å². The Morgan fingerprint density at radius 1 is 1.07 bits per heavy atom. The Kier molecular flexibility index (Phi) is 5.60. The third kappa shape index (κ3) is 4.19. The van der Waals surface area contributed by atoms with Gasteiger partial charge in [0.15, 0.2) is 0 Å². The first-order valence-corrected chi connectivity index (χ1v) is 8.84. The van der Waals surface area contributed by atoms with Gasteiger partial charge in [-0.2, -0.15) is 0 Å². The summed E-state index contributed by atoms with van der Waals surface area (Å²) in [6.07, 6.45) is 0.246. The van der Waals surface area contributed by atoms with Gasteiger partial charge in [-0.15, -0.1) is 0 Å². The highest BCUT2D eigenvalue weighted by Gasteiger charge is 2.21. The van der Waals surface area contributed by atoms with E-state index in [9.17, 15) is 9.18 Å². The first-order valence-electron chi connectivity index (χ1n) is 8.84. The number of rotatable bonds is 6. The van der Waals surface area contributed by atoms with Crippen LogP contribution in [-0.4, -0.2) is 19.1 Å². The van der Waals surface area contributed by atoms with Crippen molar-refractivity contribution >= 4 is 28.1 Å². The van der Waals surface area contributed by atoms with Gasteiger partial charge in [-0.05, 0) is 36.8 Å². The summed E-state index contributed by atoms with van der Waals surface area (Å²) in [5.41, 5.74) is 8.77. The Morgan fingerprint density at radius 2 is 1.74 bits per heavy atom. The number of anilines is 2. The normalized spacial score (nSPS) is 12.0. The van der Waals surface area contributed by atoms with Crippen molar-refractivity contribution in [1.29, 1.82) is 0 Å². The number of esters is 1. The zero-order chi connectivity index (χ0) is 19.4. The fourth-order valence-corrected chi connectivity index (χ4v) is 3.26. The van der Waals surface area contributed by atoms with Crippen LogP contribution in [0.25, 0.3) is 10.8 Å². The molecule has 3 rings (SSSR count). The molecule has 0 aliphatic carbocycles. The van der Waals surface area contributed by atoms with E-state index in [1.807, 2.05) is 43.3 Å². The molecule has 0 amide bonds. The van der Waals surface area contributed by atoms with Crippen molar-refractivity contribution in [2.24, 2.45) is 0 Å². The molecule has 140 valence electrons. The average molecular weight is 366 g/mol. The van der Waals surface area contributed by atoms with Crippen molar-refractivity contribution in [2.45, 2.75) is 25.9 Å². The number of benzene rings is 3. The smallest absolute Gasteiger partial charge is 0.307 e. The molecule has 1 atom stereocenters. The molecular weight excluding hydrogens is 343 g/mol. The quantitative estimate of drug-likeness (QED) is 0.515. The highest BCUT2D eigenvalue weighted by Crippen LogP contribution is 2.33. The van der Waals surface area contributed by atoms with E-state index in [0.717, 1.165) is 22.0 Å². The molecule has 0 spiro atoms. The molecule has 0 saturated heterocycles. The minimum absolute atomic E-state index is 0.116. The lowest BCUT2D eigenvalue weighted by Gasteiger charge is -2.32. The summed E-state index contributed by atoms with van der Waals surface area (Å²) in [4.78, 5) is 14.0. The topological polar surface area (TPSA) is 55.6 Å². The van der Waals surface area contributed by atoms with E-state index < -0.39 is 0 Å². The van der Waals surface area contributed by atoms with Crippen molar-refractivity contribution < 1.29 is 13.9 Å². The van der Waals surface area contributed by atoms with Crippen LogP contribution < -0.4 is 10.6 Å². The summed E-state index contributed by atoms with van der Waals surface area (Å²) in [5.74, 6) is -0.544. The molecule has 4 nitrogen and oxygen atoms in total. The second-order valence-electron chi connectivity index (χ2n) is 6.60. The van der Waals surface area contributed by atoms with Crippen molar-refractivity contribution in [3.05, 3.63) is 72.0 Å². The number of carbonyl (C=O) groups is 1. The number of methoxy groups -OCH3 is 1. The summed E-state index contributed by atoms with van der Waals surface area (Å²) >= 11 is 0. The predicted octanol–water partition coefficient (Wildman–Crippen LogP) is 4.52. The van der Waals surface area contributed by atoms with Crippen LogP contribution in [-0.2, 0) is 16.1 Å². The minimum atomic E-state index is -0.272. The molecule has 0 aromatic heterocycles. The third-order valence-corrected chi connectivity index (χ3v) is 4.73. The summed E-state index contributed by atoms with van der Waals surface area (Å²) < 4.78 is 18.1. The van der Waals surface area contributed by atoms with Crippen molar-refractivity contribution in [2.75, 3.05) is 17.7 Å². The number of ether oxygens (including phenoxy) is 1. The van der Waals surface area contributed by atoms with Crippen LogP contribution in [0, 0.1) is 5.82 Å². The Labute approximate surface area is 158 Å². The van der Waals surface area contributed by atoms with Crippen LogP contribution >= 0.6 is 0 Å². The maximum absolute atomic E-state index is 13.3. The van der Waals surface area contributed by atoms with E-state index in [1.165, 1.54) is 19.2 Å². The molecule has 0 bridgehead atoms. The average Bonchev–Trinajstić information content (AvgIpc) is 2.68. The van der Waals surface area contributed by atoms with Crippen LogP contribution in [0.4, 0.5) is 15.8 Å². The molecule has 5 heteroatoms. The highest BCUT2D eigenvalue weighted by molar-refractivity contribution is 6.01. The first kappa shape index (κ1) is 18.7. The van der Waals surface area contributed by atoms with Gasteiger partial charge in [0.05, 0.1) is 13.5 Å². The van der Waals surface area contributed by atoms with Gasteiger partial charge in [0.1, 0.15) is 5.82 Å². The Hall–Kier alpha value is -3.08. The van der Waals surface area contributed by atoms with Crippen molar-refractivity contribution in [1.82, 2.24) is 0 Å². The lowest BCUT2D eigenvalue weighted by Crippen LogP contribution is -2.34. The number of nitrogen functional groups attached to an aromatic ring is 1. The molecule has 2 N–H and O–H groups in total. The lowest BCUT2D eigenvalue weighted by atomic mass is 10.0. The number of nitrogens with two attached hydrogens (primary N) is 1. The molecule has 0 radical (unpaired) electrons. The van der Waals surface area contributed by atoms with Crippen molar-refractivity contribution in [3.63, 3.8) is 0 Å². The third-order valence-electron chi connectivity index (χ3n) is 4.73. The Bertz CT molecular complexity index is 941. The summed E-state index contributed by atoms with van der Waals surface area (Å²) in [7, 11) is 1.39. The number of hydrogen-bond donors (Lipinski definition) is 1. The van der Waals surface area contributed by atoms with Gasteiger partial charge in [-0.25, -0.2) is 4.39 Å². The zero-order valence-corrected chi connectivity index (χ0v) is 15.5. The molecule has 0 saturated carbocycles. The number of nitrogens with zero attached hydrogens (tertiary/aromatic N) is 1. The molecule has 3 aromatic rings. The lowest BCUT2D eigenvalue weighted by molar-refractivity contribution is -0.140. The fraction of sp³-hybridized carbons (Fsp3) is 0.227. The van der Waals surface area contributed by atoms with Crippen LogP contribution in [0.1, 0.15) is 18.9 Å². The second-order valence-corrected chi connectivity index (χ2v) is 6.60. The number of fused-ring (bicyclic) bond motifs is 1. The van der Waals surface area contributed by atoms with Gasteiger partial charge in [-0.3, -0.25) is 4.79 Å². The van der Waals surface area contributed by atoms with Crippen molar-refractivity contribution in [3.8, 4) is 0 Å². The SMILES string of the molecule is COC(=O)CC(C)N(Cc1ccc(F)cc1)c1ccc(N)c2ccccc12. The zero-order valence-electron chi connectivity index (χ0n) is 15.5. The maximum atomic E-state index is 13.3. The predicted molar refractivity (Wildman–Crippen MR) is 107 cm³/mol. The Morgan fingerprint density at radius 3 is 2.41 bits per heavy atom. The number of hydrogen-bond acceptors (Lipinski definition) is 4. The van der Waals surface area contributed by atoms with Crippen LogP contribution in [0.5, 0.6) is 0 Å². The molecule has 1 unspecified atom stereocenters. The van der Waals surface area contributed by atoms with Gasteiger partial charge in [0.2, 0.25) is 0 Å².